The van der Waals surface area contributed by atoms with E-state index < -0.39 is 0 Å². The van der Waals surface area contributed by atoms with E-state index in [1.165, 1.54) is 18.2 Å². The maximum absolute atomic E-state index is 11.7. The lowest BCUT2D eigenvalue weighted by molar-refractivity contribution is -0.119. The Morgan fingerprint density at radius 1 is 1.11 bits per heavy atom. The second-order valence-electron chi connectivity index (χ2n) is 5.55. The minimum atomic E-state index is 0.434. The van der Waals surface area contributed by atoms with E-state index in [1.807, 2.05) is 12.1 Å². The number of fused-ring (bicyclic) bond motifs is 1. The van der Waals surface area contributed by atoms with E-state index in [-0.39, 0.29) is 0 Å². The first kappa shape index (κ1) is 12.3. The molecule has 0 saturated heterocycles. The number of aromatic nitrogens is 1. The van der Waals surface area contributed by atoms with E-state index in [1.54, 1.807) is 0 Å². The molecule has 1 aromatic carbocycles. The summed E-state index contributed by atoms with van der Waals surface area (Å²) in [5.41, 5.74) is 2.18. The first-order chi connectivity index (χ1) is 9.31. The molecule has 0 N–H and O–H groups in total. The summed E-state index contributed by atoms with van der Waals surface area (Å²) in [5, 5.41) is 1.18. The first-order valence-corrected chi connectivity index (χ1v) is 7.17. The van der Waals surface area contributed by atoms with Crippen LogP contribution in [-0.4, -0.2) is 10.8 Å². The van der Waals surface area contributed by atoms with Crippen LogP contribution in [0.3, 0.4) is 0 Å². The van der Waals surface area contributed by atoms with Gasteiger partial charge in [-0.3, -0.25) is 9.78 Å². The Balaban J connectivity index is 1.78. The number of carbonyl (C=O) groups is 1. The molecule has 1 saturated carbocycles. The van der Waals surface area contributed by atoms with Crippen molar-refractivity contribution < 1.29 is 4.79 Å². The molecule has 3 rings (SSSR count). The van der Waals surface area contributed by atoms with Crippen LogP contribution in [0.15, 0.2) is 36.4 Å². The quantitative estimate of drug-likeness (QED) is 0.759. The number of ketones is 1. The highest BCUT2D eigenvalue weighted by atomic mass is 16.1. The van der Waals surface area contributed by atoms with E-state index in [4.69, 9.17) is 4.98 Å². The van der Waals surface area contributed by atoms with Crippen LogP contribution in [0.1, 0.15) is 37.8 Å². The van der Waals surface area contributed by atoms with Crippen LogP contribution in [0.25, 0.3) is 10.9 Å². The molecule has 0 aliphatic heterocycles. The summed E-state index contributed by atoms with van der Waals surface area (Å²) in [6.45, 7) is 0. The van der Waals surface area contributed by atoms with Gasteiger partial charge in [0.05, 0.1) is 5.52 Å². The molecule has 0 bridgehead atoms. The van der Waals surface area contributed by atoms with Crippen LogP contribution in [-0.2, 0) is 11.2 Å². The van der Waals surface area contributed by atoms with Gasteiger partial charge in [0.15, 0.2) is 0 Å². The molecule has 2 heteroatoms. The highest BCUT2D eigenvalue weighted by Gasteiger charge is 2.18. The number of para-hydroxylation sites is 1. The van der Waals surface area contributed by atoms with E-state index in [2.05, 4.69) is 24.3 Å². The summed E-state index contributed by atoms with van der Waals surface area (Å²) in [6, 6.07) is 12.4. The van der Waals surface area contributed by atoms with Gasteiger partial charge in [-0.25, -0.2) is 0 Å². The zero-order valence-electron chi connectivity index (χ0n) is 11.1. The van der Waals surface area contributed by atoms with Crippen molar-refractivity contribution in [1.29, 1.82) is 0 Å². The van der Waals surface area contributed by atoms with E-state index in [9.17, 15) is 4.79 Å². The highest BCUT2D eigenvalue weighted by molar-refractivity contribution is 5.79. The lowest BCUT2D eigenvalue weighted by Crippen LogP contribution is -2.09. The molecule has 1 heterocycles. The Morgan fingerprint density at radius 3 is 2.95 bits per heavy atom. The standard InChI is InChI=1S/C17H19NO/c19-16-7-3-1-5-13(12-16)11-15-10-9-14-6-2-4-8-17(14)18-15/h2,4,6,8-10,13H,1,3,5,7,11-12H2. The van der Waals surface area contributed by atoms with Crippen LogP contribution in [0.5, 0.6) is 0 Å². The number of rotatable bonds is 2. The smallest absolute Gasteiger partial charge is 0.133 e. The molecule has 98 valence electrons. The molecule has 1 aromatic heterocycles. The molecule has 0 spiro atoms. The molecular weight excluding hydrogens is 234 g/mol. The molecule has 1 aliphatic carbocycles. The summed E-state index contributed by atoms with van der Waals surface area (Å²) in [6.07, 6.45) is 5.89. The summed E-state index contributed by atoms with van der Waals surface area (Å²) >= 11 is 0. The Bertz CT molecular complexity index is 591. The third-order valence-corrected chi connectivity index (χ3v) is 3.99. The van der Waals surface area contributed by atoms with Gasteiger partial charge >= 0.3 is 0 Å². The summed E-state index contributed by atoms with van der Waals surface area (Å²) < 4.78 is 0. The molecule has 2 nitrogen and oxygen atoms in total. The third kappa shape index (κ3) is 3.01. The normalized spacial score (nSPS) is 20.4. The molecule has 19 heavy (non-hydrogen) atoms. The van der Waals surface area contributed by atoms with Crippen molar-refractivity contribution in [1.82, 2.24) is 4.98 Å². The number of carbonyl (C=O) groups excluding carboxylic acids is 1. The van der Waals surface area contributed by atoms with Crippen LogP contribution in [0, 0.1) is 5.92 Å². The molecule has 1 unspecified atom stereocenters. The van der Waals surface area contributed by atoms with Gasteiger partial charge in [0, 0.05) is 23.9 Å². The van der Waals surface area contributed by atoms with Crippen LogP contribution < -0.4 is 0 Å². The first-order valence-electron chi connectivity index (χ1n) is 7.17. The largest absolute Gasteiger partial charge is 0.300 e. The molecule has 1 fully saturated rings. The molecule has 1 aliphatic rings. The highest BCUT2D eigenvalue weighted by Crippen LogP contribution is 2.24. The number of pyridine rings is 1. The number of Topliss-reactive ketones (excluding diaryl/α,β-unsaturated/α-hetero) is 1. The minimum Gasteiger partial charge on any atom is -0.300 e. The van der Waals surface area contributed by atoms with Gasteiger partial charge in [-0.1, -0.05) is 30.7 Å². The Morgan fingerprint density at radius 2 is 2.00 bits per heavy atom. The van der Waals surface area contributed by atoms with E-state index in [0.29, 0.717) is 11.7 Å². The monoisotopic (exact) mass is 253 g/mol. The minimum absolute atomic E-state index is 0.434. The summed E-state index contributed by atoms with van der Waals surface area (Å²) in [7, 11) is 0. The average Bonchev–Trinajstić information content (AvgIpc) is 2.63. The molecule has 0 amide bonds. The fourth-order valence-corrected chi connectivity index (χ4v) is 2.97. The third-order valence-electron chi connectivity index (χ3n) is 3.99. The maximum Gasteiger partial charge on any atom is 0.133 e. The Kier molecular flexibility index (Phi) is 3.58. The maximum atomic E-state index is 11.7. The van der Waals surface area contributed by atoms with Gasteiger partial charge in [0.25, 0.3) is 0 Å². The second-order valence-corrected chi connectivity index (χ2v) is 5.55. The Hall–Kier alpha value is -1.70. The summed E-state index contributed by atoms with van der Waals surface area (Å²) in [4.78, 5) is 16.4. The second kappa shape index (κ2) is 5.52. The predicted octanol–water partition coefficient (Wildman–Crippen LogP) is 3.93. The van der Waals surface area contributed by atoms with Crippen molar-refractivity contribution in [2.24, 2.45) is 5.92 Å². The number of benzene rings is 1. The van der Waals surface area contributed by atoms with Crippen molar-refractivity contribution >= 4 is 16.7 Å². The lowest BCUT2D eigenvalue weighted by Gasteiger charge is -2.12. The number of hydrogen-bond donors (Lipinski definition) is 0. The van der Waals surface area contributed by atoms with Crippen LogP contribution in [0.2, 0.25) is 0 Å². The summed E-state index contributed by atoms with van der Waals surface area (Å²) in [5.74, 6) is 0.923. The van der Waals surface area contributed by atoms with Crippen molar-refractivity contribution in [3.63, 3.8) is 0 Å². The zero-order chi connectivity index (χ0) is 13.1. The SMILES string of the molecule is O=C1CCCCC(Cc2ccc3ccccc3n2)C1. The predicted molar refractivity (Wildman–Crippen MR) is 77.0 cm³/mol. The van der Waals surface area contributed by atoms with Crippen LogP contribution >= 0.6 is 0 Å². The number of nitrogens with zero attached hydrogens (tertiary/aromatic N) is 1. The van der Waals surface area contributed by atoms with Gasteiger partial charge < -0.3 is 0 Å². The van der Waals surface area contributed by atoms with Crippen LogP contribution in [0.4, 0.5) is 0 Å². The number of hydrogen-bond acceptors (Lipinski definition) is 2. The van der Waals surface area contributed by atoms with Gasteiger partial charge in [-0.2, -0.15) is 0 Å². The van der Waals surface area contributed by atoms with Gasteiger partial charge in [-0.05, 0) is 37.3 Å². The average molecular weight is 253 g/mol. The van der Waals surface area contributed by atoms with Gasteiger partial charge in [0.1, 0.15) is 5.78 Å². The molecule has 2 aromatic rings. The molecule has 1 atom stereocenters. The van der Waals surface area contributed by atoms with Gasteiger partial charge in [0.2, 0.25) is 0 Å². The molecular formula is C17H19NO. The van der Waals surface area contributed by atoms with Crippen molar-refractivity contribution in [3.05, 3.63) is 42.1 Å². The Labute approximate surface area is 113 Å². The lowest BCUT2D eigenvalue weighted by atomic mass is 9.94. The van der Waals surface area contributed by atoms with Crippen molar-refractivity contribution in [2.45, 2.75) is 38.5 Å². The van der Waals surface area contributed by atoms with Crippen molar-refractivity contribution in [2.75, 3.05) is 0 Å². The van der Waals surface area contributed by atoms with E-state index >= 15 is 0 Å². The topological polar surface area (TPSA) is 30.0 Å². The van der Waals surface area contributed by atoms with Gasteiger partial charge in [-0.15, -0.1) is 0 Å². The van der Waals surface area contributed by atoms with Crippen molar-refractivity contribution in [3.8, 4) is 0 Å². The fourth-order valence-electron chi connectivity index (χ4n) is 2.97. The fraction of sp³-hybridized carbons (Fsp3) is 0.412. The van der Waals surface area contributed by atoms with E-state index in [0.717, 1.165) is 36.9 Å². The molecule has 0 radical (unpaired) electrons. The zero-order valence-corrected chi connectivity index (χ0v) is 11.1.